The van der Waals surface area contributed by atoms with Gasteiger partial charge in [0, 0.05) is 28.7 Å². The molecule has 1 aliphatic heterocycles. The van der Waals surface area contributed by atoms with Gasteiger partial charge in [-0.25, -0.2) is 15.0 Å². The number of imidazole rings is 1. The molecule has 0 atom stereocenters. The lowest BCUT2D eigenvalue weighted by molar-refractivity contribution is 0.402. The maximum absolute atomic E-state index is 7.25. The van der Waals surface area contributed by atoms with Crippen molar-refractivity contribution in [2.24, 2.45) is 9.98 Å². The highest BCUT2D eigenvalue weighted by Crippen LogP contribution is 2.48. The maximum Gasteiger partial charge on any atom is 0.271 e. The van der Waals surface area contributed by atoms with Crippen molar-refractivity contribution in [1.82, 2.24) is 9.55 Å². The van der Waals surface area contributed by atoms with E-state index in [9.17, 15) is 0 Å². The van der Waals surface area contributed by atoms with E-state index in [4.69, 9.17) is 38.2 Å². The summed E-state index contributed by atoms with van der Waals surface area (Å²) in [6, 6.07) is 38.4. The molecule has 2 aliphatic carbocycles. The van der Waals surface area contributed by atoms with Gasteiger partial charge in [0.25, 0.3) is 5.79 Å². The fourth-order valence-electron chi connectivity index (χ4n) is 6.55. The molecule has 3 aliphatic rings. The second kappa shape index (κ2) is 13.2. The van der Waals surface area contributed by atoms with E-state index >= 15 is 0 Å². The molecule has 1 aromatic heterocycles. The molecule has 5 aromatic rings. The van der Waals surface area contributed by atoms with Crippen LogP contribution in [0.1, 0.15) is 36.1 Å². The van der Waals surface area contributed by atoms with Crippen LogP contribution < -0.4 is 0 Å². The first-order chi connectivity index (χ1) is 24.1. The number of aromatic nitrogens is 2. The van der Waals surface area contributed by atoms with Gasteiger partial charge in [0.1, 0.15) is 5.82 Å². The number of hydrogen-bond acceptors (Lipinski definition) is 3. The Balaban J connectivity index is 1.58. The Morgan fingerprint density at radius 2 is 1.31 bits per heavy atom. The van der Waals surface area contributed by atoms with Crippen LogP contribution in [0.15, 0.2) is 166 Å². The Morgan fingerprint density at radius 1 is 0.694 bits per heavy atom. The minimum atomic E-state index is -1.47. The van der Waals surface area contributed by atoms with Crippen LogP contribution in [0.5, 0.6) is 0 Å². The minimum absolute atomic E-state index is 0.475. The van der Waals surface area contributed by atoms with Gasteiger partial charge in [0.05, 0.1) is 38.4 Å². The molecule has 236 valence electrons. The molecule has 0 bridgehead atoms. The fraction of sp³-hybridized carbons (Fsp3) is 0.0930. The van der Waals surface area contributed by atoms with Crippen LogP contribution in [-0.2, 0) is 5.79 Å². The van der Waals surface area contributed by atoms with Crippen molar-refractivity contribution in [1.29, 1.82) is 0 Å². The monoisotopic (exact) mass is 672 g/mol. The summed E-state index contributed by atoms with van der Waals surface area (Å²) in [6.07, 6.45) is 12.6. The molecule has 6 heteroatoms. The van der Waals surface area contributed by atoms with E-state index in [1.807, 2.05) is 91.0 Å². The average molecular weight is 674 g/mol. The van der Waals surface area contributed by atoms with Crippen LogP contribution in [0.4, 0.5) is 0 Å². The number of hydrogen-bond donors (Lipinski definition) is 0. The Labute approximate surface area is 296 Å². The molecule has 0 N–H and O–H groups in total. The van der Waals surface area contributed by atoms with Gasteiger partial charge in [-0.1, -0.05) is 162 Å². The first kappa shape index (κ1) is 30.8. The Hall–Kier alpha value is -5.47. The van der Waals surface area contributed by atoms with E-state index in [1.54, 1.807) is 0 Å². The minimum Gasteiger partial charge on any atom is -0.274 e. The normalized spacial score (nSPS) is 16.4. The third-order valence-corrected chi connectivity index (χ3v) is 9.44. The third kappa shape index (κ3) is 5.62. The van der Waals surface area contributed by atoms with E-state index in [2.05, 4.69) is 71.0 Å². The molecule has 2 heterocycles. The first-order valence-corrected chi connectivity index (χ1v) is 17.1. The van der Waals surface area contributed by atoms with Gasteiger partial charge in [-0.15, -0.1) is 0 Å². The molecular weight excluding hydrogens is 643 g/mol. The van der Waals surface area contributed by atoms with Crippen LogP contribution in [0.25, 0.3) is 28.2 Å². The molecule has 0 fully saturated rings. The van der Waals surface area contributed by atoms with Gasteiger partial charge >= 0.3 is 0 Å². The molecule has 4 aromatic carbocycles. The van der Waals surface area contributed by atoms with E-state index in [0.29, 0.717) is 27.9 Å². The van der Waals surface area contributed by atoms with Crippen molar-refractivity contribution in [3.8, 4) is 34.5 Å². The third-order valence-electron chi connectivity index (χ3n) is 8.80. The van der Waals surface area contributed by atoms with Crippen molar-refractivity contribution in [2.45, 2.75) is 25.0 Å². The lowest BCUT2D eigenvalue weighted by atomic mass is 9.96. The van der Waals surface area contributed by atoms with Gasteiger partial charge in [0.15, 0.2) is 0 Å². The Morgan fingerprint density at radius 3 is 1.92 bits per heavy atom. The second-order valence-corrected chi connectivity index (χ2v) is 12.7. The molecule has 4 nitrogen and oxygen atoms in total. The summed E-state index contributed by atoms with van der Waals surface area (Å²) in [5.74, 6) is 5.90. The van der Waals surface area contributed by atoms with Gasteiger partial charge in [-0.3, -0.25) is 4.57 Å². The molecular formula is C43H30Cl2N4. The molecule has 0 saturated carbocycles. The second-order valence-electron chi connectivity index (χ2n) is 11.9. The molecule has 0 radical (unpaired) electrons. The summed E-state index contributed by atoms with van der Waals surface area (Å²) in [6.45, 7) is 0. The number of nitrogens with zero attached hydrogens (tertiary/aromatic N) is 4. The summed E-state index contributed by atoms with van der Waals surface area (Å²) >= 11 is 14.3. The van der Waals surface area contributed by atoms with E-state index in [0.717, 1.165) is 63.5 Å². The van der Waals surface area contributed by atoms with Crippen LogP contribution in [-0.4, -0.2) is 21.0 Å². The van der Waals surface area contributed by atoms with Gasteiger partial charge in [-0.05, 0) is 36.6 Å². The zero-order valence-electron chi connectivity index (χ0n) is 26.5. The van der Waals surface area contributed by atoms with Crippen LogP contribution in [0.3, 0.4) is 0 Å². The number of allylic oxidation sites excluding steroid dienone is 7. The number of halogens is 2. The Kier molecular flexibility index (Phi) is 8.31. The van der Waals surface area contributed by atoms with Crippen molar-refractivity contribution in [3.63, 3.8) is 0 Å². The summed E-state index contributed by atoms with van der Waals surface area (Å²) in [5.41, 5.74) is 8.46. The SMILES string of the molecule is ClC1=C(C2(n3c(-c4ccccc4Cl)nc(-c4ccccc4)c3C3=CC=CCC3)N=C(c3ccccc3)C(c3ccccc3)=N2)C#CCC=C1. The summed E-state index contributed by atoms with van der Waals surface area (Å²) < 4.78 is 2.14. The summed E-state index contributed by atoms with van der Waals surface area (Å²) in [5, 5.41) is 1.04. The summed E-state index contributed by atoms with van der Waals surface area (Å²) in [4.78, 5) is 16.8. The Bertz CT molecular complexity index is 2260. The van der Waals surface area contributed by atoms with Gasteiger partial charge in [-0.2, -0.15) is 0 Å². The van der Waals surface area contributed by atoms with Gasteiger partial charge in [0.2, 0.25) is 0 Å². The quantitative estimate of drug-likeness (QED) is 0.159. The van der Waals surface area contributed by atoms with E-state index in [-0.39, 0.29) is 0 Å². The predicted octanol–water partition coefficient (Wildman–Crippen LogP) is 10.7. The molecule has 0 unspecified atom stereocenters. The van der Waals surface area contributed by atoms with Crippen LogP contribution in [0.2, 0.25) is 5.02 Å². The van der Waals surface area contributed by atoms with Crippen molar-refractivity contribution < 1.29 is 0 Å². The predicted molar refractivity (Wildman–Crippen MR) is 203 cm³/mol. The largest absolute Gasteiger partial charge is 0.274 e. The highest BCUT2D eigenvalue weighted by Gasteiger charge is 2.47. The van der Waals surface area contributed by atoms with Crippen molar-refractivity contribution in [2.75, 3.05) is 0 Å². The topological polar surface area (TPSA) is 42.5 Å². The zero-order valence-corrected chi connectivity index (χ0v) is 28.0. The average Bonchev–Trinajstić information content (AvgIpc) is 3.68. The smallest absolute Gasteiger partial charge is 0.271 e. The lowest BCUT2D eigenvalue weighted by Crippen LogP contribution is -2.33. The highest BCUT2D eigenvalue weighted by molar-refractivity contribution is 6.54. The molecule has 0 amide bonds. The zero-order chi connectivity index (χ0) is 33.2. The highest BCUT2D eigenvalue weighted by atomic mass is 35.5. The van der Waals surface area contributed by atoms with Crippen molar-refractivity contribution in [3.05, 3.63) is 178 Å². The maximum atomic E-state index is 7.25. The van der Waals surface area contributed by atoms with E-state index in [1.165, 1.54) is 0 Å². The first-order valence-electron chi connectivity index (χ1n) is 16.3. The molecule has 8 rings (SSSR count). The molecule has 0 spiro atoms. The van der Waals surface area contributed by atoms with Crippen molar-refractivity contribution >= 4 is 40.2 Å². The van der Waals surface area contributed by atoms with Crippen LogP contribution in [0, 0.1) is 11.8 Å². The number of benzene rings is 4. The molecule has 0 saturated heterocycles. The molecule has 49 heavy (non-hydrogen) atoms. The lowest BCUT2D eigenvalue weighted by Gasteiger charge is -2.31. The number of aliphatic imine (C=N–C) groups is 2. The van der Waals surface area contributed by atoms with Crippen LogP contribution >= 0.6 is 23.2 Å². The fourth-order valence-corrected chi connectivity index (χ4v) is 7.03. The van der Waals surface area contributed by atoms with Gasteiger partial charge < -0.3 is 0 Å². The summed E-state index contributed by atoms with van der Waals surface area (Å²) in [7, 11) is 0. The van der Waals surface area contributed by atoms with E-state index < -0.39 is 5.79 Å². The number of rotatable bonds is 7. The standard InChI is InChI=1S/C43H30Cl2N4/c44-36-28-17-16-26-34(36)42-46-40(32-22-10-3-11-23-32)41(33-24-12-4-13-25-33)49(42)43(35-27-14-5-15-29-37(35)45)47-38(30-18-6-1-7-19-30)39(48-43)31-20-8-2-9-21-31/h1-4,6-12,15-24,26,28-29H,5,13,25H2.